The first-order valence-electron chi connectivity index (χ1n) is 16.4. The Kier molecular flexibility index (Phi) is 15.6. The lowest BCUT2D eigenvalue weighted by Gasteiger charge is -2.48. The molecule has 8 unspecified atom stereocenters. The van der Waals surface area contributed by atoms with Gasteiger partial charge in [-0.1, -0.05) is 0 Å². The third-order valence-electron chi connectivity index (χ3n) is 9.29. The van der Waals surface area contributed by atoms with Crippen molar-refractivity contribution in [2.75, 3.05) is 42.7 Å². The molecule has 0 saturated carbocycles. The molecule has 25 heteroatoms. The van der Waals surface area contributed by atoms with E-state index in [2.05, 4.69) is 9.47 Å². The zero-order valence-corrected chi connectivity index (χ0v) is 30.1. The lowest BCUT2D eigenvalue weighted by molar-refractivity contribution is -0.379. The molecule has 0 aromatic heterocycles. The van der Waals surface area contributed by atoms with Crippen molar-refractivity contribution in [3.63, 3.8) is 0 Å². The van der Waals surface area contributed by atoms with Gasteiger partial charge in [0.25, 0.3) is 0 Å². The molecule has 0 aromatic rings. The molecule has 0 aromatic carbocycles. The summed E-state index contributed by atoms with van der Waals surface area (Å²) in [4.78, 5) is 50.7. The van der Waals surface area contributed by atoms with Crippen LogP contribution in [0, 0.1) is 0 Å². The molecular weight excluding hydrogens is 760 g/mol. The summed E-state index contributed by atoms with van der Waals surface area (Å²) >= 11 is 0. The van der Waals surface area contributed by atoms with E-state index in [-0.39, 0.29) is 0 Å². The van der Waals surface area contributed by atoms with E-state index in [0.717, 1.165) is 42.7 Å². The molecule has 8 N–H and O–H groups in total. The van der Waals surface area contributed by atoms with E-state index in [0.29, 0.717) is 0 Å². The Hall–Kier alpha value is -2.80. The molecular formula is C30H46O25. The van der Waals surface area contributed by atoms with Crippen molar-refractivity contribution in [1.82, 2.24) is 0 Å². The summed E-state index contributed by atoms with van der Waals surface area (Å²) in [6.07, 6.45) is -39.4. The molecule has 0 amide bonds. The monoisotopic (exact) mass is 806 g/mol. The van der Waals surface area contributed by atoms with Crippen LogP contribution >= 0.6 is 0 Å². The Bertz CT molecular complexity index is 1320. The van der Waals surface area contributed by atoms with Crippen molar-refractivity contribution >= 4 is 23.9 Å². The number of ether oxygens (including phenoxy) is 13. The Balaban J connectivity index is 1.57. The maximum atomic E-state index is 12.9. The molecule has 0 bridgehead atoms. The van der Waals surface area contributed by atoms with Crippen LogP contribution in [0.5, 0.6) is 0 Å². The number of rotatable bonds is 12. The van der Waals surface area contributed by atoms with E-state index >= 15 is 0 Å². The molecule has 4 heterocycles. The van der Waals surface area contributed by atoms with Gasteiger partial charge in [0.1, 0.15) is 73.2 Å². The molecule has 0 aliphatic carbocycles. The van der Waals surface area contributed by atoms with Gasteiger partial charge in [0, 0.05) is 14.2 Å². The van der Waals surface area contributed by atoms with Crippen LogP contribution in [0.4, 0.5) is 0 Å². The van der Waals surface area contributed by atoms with Gasteiger partial charge in [0.05, 0.1) is 28.4 Å². The second-order valence-corrected chi connectivity index (χ2v) is 12.5. The Labute approximate surface area is 311 Å². The molecule has 25 nitrogen and oxygen atoms in total. The van der Waals surface area contributed by atoms with Crippen LogP contribution in [0.3, 0.4) is 0 Å². The van der Waals surface area contributed by atoms with Crippen molar-refractivity contribution in [3.8, 4) is 0 Å². The highest BCUT2D eigenvalue weighted by Crippen LogP contribution is 2.35. The zero-order chi connectivity index (χ0) is 41.0. The maximum Gasteiger partial charge on any atom is 0.337 e. The molecule has 4 saturated heterocycles. The van der Waals surface area contributed by atoms with Gasteiger partial charge in [0.15, 0.2) is 49.6 Å². The largest absolute Gasteiger partial charge is 0.467 e. The third-order valence-corrected chi connectivity index (χ3v) is 9.29. The van der Waals surface area contributed by atoms with E-state index in [1.165, 1.54) is 0 Å². The fourth-order valence-electron chi connectivity index (χ4n) is 6.29. The fourth-order valence-corrected chi connectivity index (χ4v) is 6.29. The second kappa shape index (κ2) is 19.1. The quantitative estimate of drug-likeness (QED) is 0.0670. The van der Waals surface area contributed by atoms with Crippen molar-refractivity contribution in [1.29, 1.82) is 0 Å². The van der Waals surface area contributed by atoms with Crippen LogP contribution in [0.2, 0.25) is 0 Å². The smallest absolute Gasteiger partial charge is 0.337 e. The van der Waals surface area contributed by atoms with Crippen LogP contribution < -0.4 is 0 Å². The molecule has 55 heavy (non-hydrogen) atoms. The first-order chi connectivity index (χ1) is 26.0. The lowest BCUT2D eigenvalue weighted by Crippen LogP contribution is -2.68. The van der Waals surface area contributed by atoms with Crippen molar-refractivity contribution in [3.05, 3.63) is 0 Å². The Morgan fingerprint density at radius 3 is 0.836 bits per heavy atom. The van der Waals surface area contributed by atoms with Gasteiger partial charge >= 0.3 is 23.9 Å². The van der Waals surface area contributed by atoms with Gasteiger partial charge in [-0.25, -0.2) is 19.2 Å². The highest BCUT2D eigenvalue weighted by atomic mass is 16.8. The summed E-state index contributed by atoms with van der Waals surface area (Å²) < 4.78 is 67.3. The number of carbonyl (C=O) groups is 4. The highest BCUT2D eigenvalue weighted by molar-refractivity contribution is 5.77. The standard InChI is InChI=1S/C30H46O25/c1-43-15-7(31)12(36)28(53-19(15)23(39)44-2)50-17-9(33)14(38)30(55-21(17)25(41)46-4)51-18-10(34)13(37)29(54-22(18)26(42)47-5)49-16-8(32)11(35)27(48-6)52-20(16)24(40)45-3/h7-22,27-38H,1-6H3/t7-,8?,9?,10-,11?,12?,13?,14?,15-,16+,17+,18-,19?,20-,21-,22?,27+,28-,29-,30+/m1/s1. The molecule has 0 radical (unpaired) electrons. The molecule has 4 aliphatic heterocycles. The summed E-state index contributed by atoms with van der Waals surface area (Å²) in [5.41, 5.74) is 0. The number of hydrogen-bond donors (Lipinski definition) is 8. The van der Waals surface area contributed by atoms with E-state index in [9.17, 15) is 60.0 Å². The number of hydrogen-bond acceptors (Lipinski definition) is 25. The number of methoxy groups -OCH3 is 6. The molecule has 4 fully saturated rings. The van der Waals surface area contributed by atoms with Gasteiger partial charge in [0.2, 0.25) is 0 Å². The minimum absolute atomic E-state index is 0.895. The van der Waals surface area contributed by atoms with Crippen LogP contribution in [0.25, 0.3) is 0 Å². The molecule has 0 spiro atoms. The van der Waals surface area contributed by atoms with E-state index in [4.69, 9.17) is 52.1 Å². The van der Waals surface area contributed by atoms with Crippen molar-refractivity contribution in [2.24, 2.45) is 0 Å². The van der Waals surface area contributed by atoms with Crippen molar-refractivity contribution in [2.45, 2.75) is 123 Å². The van der Waals surface area contributed by atoms with E-state index < -0.39 is 147 Å². The van der Waals surface area contributed by atoms with Crippen LogP contribution in [-0.2, 0) is 80.8 Å². The second-order valence-electron chi connectivity index (χ2n) is 12.5. The van der Waals surface area contributed by atoms with Gasteiger partial charge in [-0.3, -0.25) is 0 Å². The van der Waals surface area contributed by atoms with Gasteiger partial charge in [-0.05, 0) is 0 Å². The SMILES string of the molecule is COC(=O)C1O[C@@H](O[C@H]2C(O)C(O)[C@@H](O[C@H]3C(C(=O)OC)O[C@@H](O[C@H]4C(O)C(O)[C@@H](OC)O[C@H]4C(=O)OC)C(O)[C@H]3O)O[C@H]2C(=O)OC)C(O)[C@@H](O)[C@H]1OC. The van der Waals surface area contributed by atoms with Crippen LogP contribution in [0.15, 0.2) is 0 Å². The fraction of sp³-hybridized carbons (Fsp3) is 0.867. The number of carbonyl (C=O) groups excluding carboxylic acids is 4. The van der Waals surface area contributed by atoms with Crippen molar-refractivity contribution < 1.29 is 122 Å². The molecule has 20 atom stereocenters. The maximum absolute atomic E-state index is 12.9. The number of esters is 4. The first kappa shape index (κ1) is 44.9. The Morgan fingerprint density at radius 2 is 0.582 bits per heavy atom. The third kappa shape index (κ3) is 9.02. The average molecular weight is 807 g/mol. The summed E-state index contributed by atoms with van der Waals surface area (Å²) in [5.74, 6) is -4.75. The summed E-state index contributed by atoms with van der Waals surface area (Å²) in [5, 5.41) is 87.0. The topological polar surface area (TPSA) is 350 Å². The first-order valence-corrected chi connectivity index (χ1v) is 16.4. The lowest BCUT2D eigenvalue weighted by atomic mass is 9.95. The number of aliphatic hydroxyl groups is 8. The summed E-state index contributed by atoms with van der Waals surface area (Å²) in [6.45, 7) is 0. The highest BCUT2D eigenvalue weighted by Gasteiger charge is 2.58. The van der Waals surface area contributed by atoms with E-state index in [1.54, 1.807) is 0 Å². The summed E-state index contributed by atoms with van der Waals surface area (Å²) in [6, 6.07) is 0. The molecule has 316 valence electrons. The predicted molar refractivity (Wildman–Crippen MR) is 163 cm³/mol. The van der Waals surface area contributed by atoms with Crippen LogP contribution in [-0.4, -0.2) is 230 Å². The van der Waals surface area contributed by atoms with Gasteiger partial charge in [-0.2, -0.15) is 0 Å². The minimum atomic E-state index is -2.25. The molecule has 4 aliphatic rings. The zero-order valence-electron chi connectivity index (χ0n) is 30.1. The average Bonchev–Trinajstić information content (AvgIpc) is 3.18. The van der Waals surface area contributed by atoms with E-state index in [1.807, 2.05) is 0 Å². The summed E-state index contributed by atoms with van der Waals surface area (Å²) in [7, 11) is 5.98. The van der Waals surface area contributed by atoms with Gasteiger partial charge in [-0.15, -0.1) is 0 Å². The minimum Gasteiger partial charge on any atom is -0.467 e. The molecule has 4 rings (SSSR count). The Morgan fingerprint density at radius 1 is 0.345 bits per heavy atom. The normalized spacial score (nSPS) is 44.9. The van der Waals surface area contributed by atoms with Crippen LogP contribution in [0.1, 0.15) is 0 Å². The number of aliphatic hydroxyl groups excluding tert-OH is 8. The van der Waals surface area contributed by atoms with Gasteiger partial charge < -0.3 is 102 Å². The predicted octanol–water partition coefficient (Wildman–Crippen LogP) is -7.72.